The maximum absolute atomic E-state index is 11.2. The number of carboxylic acid groups (broad SMARTS) is 1. The fourth-order valence-electron chi connectivity index (χ4n) is 1.37. The van der Waals surface area contributed by atoms with Crippen LogP contribution in [-0.4, -0.2) is 80.0 Å². The fourth-order valence-corrected chi connectivity index (χ4v) is 1.37. The van der Waals surface area contributed by atoms with E-state index in [-0.39, 0.29) is 6.03 Å². The second-order valence-corrected chi connectivity index (χ2v) is 4.73. The lowest BCUT2D eigenvalue weighted by Gasteiger charge is -2.38. The van der Waals surface area contributed by atoms with E-state index in [9.17, 15) is 18.0 Å². The van der Waals surface area contributed by atoms with Crippen LogP contribution in [-0.2, 0) is 4.79 Å². The lowest BCUT2D eigenvalue weighted by Crippen LogP contribution is -2.57. The van der Waals surface area contributed by atoms with Gasteiger partial charge in [0.05, 0.1) is 40.3 Å². The maximum atomic E-state index is 11.2. The van der Waals surface area contributed by atoms with Gasteiger partial charge in [0.25, 0.3) is 0 Å². The number of urea groups is 1. The monoisotopic (exact) mass is 286 g/mol. The SMILES string of the molecule is CNC(=O)N1CC[N+](C)(C)CC1.O=C(O)C(F)(F)F. The molecule has 0 aromatic heterocycles. The summed E-state index contributed by atoms with van der Waals surface area (Å²) in [5, 5.41) is 9.77. The van der Waals surface area contributed by atoms with Gasteiger partial charge in [0, 0.05) is 7.05 Å². The van der Waals surface area contributed by atoms with Crippen molar-refractivity contribution in [2.24, 2.45) is 0 Å². The van der Waals surface area contributed by atoms with Crippen LogP contribution in [0, 0.1) is 0 Å². The van der Waals surface area contributed by atoms with E-state index in [1.807, 2.05) is 4.90 Å². The third-order valence-electron chi connectivity index (χ3n) is 2.69. The summed E-state index contributed by atoms with van der Waals surface area (Å²) in [5.41, 5.74) is 0. The van der Waals surface area contributed by atoms with Gasteiger partial charge in [0.2, 0.25) is 0 Å². The van der Waals surface area contributed by atoms with Crippen LogP contribution in [0.3, 0.4) is 0 Å². The first-order chi connectivity index (χ1) is 8.49. The Morgan fingerprint density at radius 3 is 1.84 bits per heavy atom. The quantitative estimate of drug-likeness (QED) is 0.631. The van der Waals surface area contributed by atoms with Gasteiger partial charge in [-0.1, -0.05) is 0 Å². The van der Waals surface area contributed by atoms with Gasteiger partial charge in [-0.05, 0) is 0 Å². The van der Waals surface area contributed by atoms with Gasteiger partial charge in [-0.25, -0.2) is 9.59 Å². The minimum absolute atomic E-state index is 0.0506. The highest BCUT2D eigenvalue weighted by molar-refractivity contribution is 5.73. The number of halogens is 3. The molecule has 0 radical (unpaired) electrons. The van der Waals surface area contributed by atoms with Crippen molar-refractivity contribution in [3.8, 4) is 0 Å². The van der Waals surface area contributed by atoms with Crippen molar-refractivity contribution in [2.75, 3.05) is 47.3 Å². The Morgan fingerprint density at radius 1 is 1.21 bits per heavy atom. The Balaban J connectivity index is 0.000000399. The van der Waals surface area contributed by atoms with Crippen molar-refractivity contribution in [1.82, 2.24) is 10.2 Å². The van der Waals surface area contributed by atoms with Crippen molar-refractivity contribution in [3.05, 3.63) is 0 Å². The van der Waals surface area contributed by atoms with E-state index < -0.39 is 12.1 Å². The lowest BCUT2D eigenvalue weighted by atomic mass is 10.3. The van der Waals surface area contributed by atoms with Gasteiger partial charge in [-0.15, -0.1) is 0 Å². The molecule has 1 saturated heterocycles. The number of hydrogen-bond donors (Lipinski definition) is 2. The zero-order valence-corrected chi connectivity index (χ0v) is 11.1. The number of rotatable bonds is 0. The minimum Gasteiger partial charge on any atom is -0.475 e. The third-order valence-corrected chi connectivity index (χ3v) is 2.69. The van der Waals surface area contributed by atoms with Crippen molar-refractivity contribution >= 4 is 12.0 Å². The Kier molecular flexibility index (Phi) is 6.07. The molecule has 19 heavy (non-hydrogen) atoms. The molecule has 112 valence electrons. The molecule has 0 aliphatic carbocycles. The van der Waals surface area contributed by atoms with E-state index in [1.54, 1.807) is 7.05 Å². The minimum atomic E-state index is -5.08. The summed E-state index contributed by atoms with van der Waals surface area (Å²) in [6, 6.07) is 0.0506. The number of alkyl halides is 3. The third kappa shape index (κ3) is 6.85. The molecule has 0 saturated carbocycles. The number of likely N-dealkylation sites (N-methyl/N-ethyl adjacent to an activating group) is 1. The van der Waals surface area contributed by atoms with E-state index in [4.69, 9.17) is 9.90 Å². The van der Waals surface area contributed by atoms with Gasteiger partial charge < -0.3 is 19.8 Å². The molecule has 0 bridgehead atoms. The van der Waals surface area contributed by atoms with Crippen molar-refractivity contribution < 1.29 is 32.3 Å². The molecule has 0 aromatic rings. The lowest BCUT2D eigenvalue weighted by molar-refractivity contribution is -0.894. The number of nitrogens with zero attached hydrogens (tertiary/aromatic N) is 2. The zero-order valence-electron chi connectivity index (χ0n) is 11.1. The molecule has 9 heteroatoms. The molecule has 0 aromatic carbocycles. The number of nitrogens with one attached hydrogen (secondary N) is 1. The number of carboxylic acids is 1. The molecule has 2 amide bonds. The molecule has 0 spiro atoms. The van der Waals surface area contributed by atoms with Crippen molar-refractivity contribution in [1.29, 1.82) is 0 Å². The summed E-state index contributed by atoms with van der Waals surface area (Å²) in [6.45, 7) is 3.83. The first kappa shape index (κ1) is 17.5. The summed E-state index contributed by atoms with van der Waals surface area (Å²) in [5.74, 6) is -2.76. The Labute approximate surface area is 109 Å². The number of quaternary nitrogens is 1. The van der Waals surface area contributed by atoms with Crippen LogP contribution in [0.15, 0.2) is 0 Å². The highest BCUT2D eigenvalue weighted by Gasteiger charge is 2.38. The molecular weight excluding hydrogens is 267 g/mol. The molecule has 1 aliphatic heterocycles. The van der Waals surface area contributed by atoms with Gasteiger partial charge >= 0.3 is 18.2 Å². The number of piperazine rings is 1. The summed E-state index contributed by atoms with van der Waals surface area (Å²) in [4.78, 5) is 21.9. The van der Waals surface area contributed by atoms with Crippen LogP contribution in [0.1, 0.15) is 0 Å². The highest BCUT2D eigenvalue weighted by Crippen LogP contribution is 2.13. The standard InChI is InChI=1S/C8H17N3O.C2HF3O2/c1-9-8(12)10-4-6-11(2,3)7-5-10;3-2(4,5)1(6)7/h4-7H2,1-3H3;(H,6,7)/p+1. The highest BCUT2D eigenvalue weighted by atomic mass is 19.4. The number of hydrogen-bond acceptors (Lipinski definition) is 2. The van der Waals surface area contributed by atoms with Crippen LogP contribution in [0.25, 0.3) is 0 Å². The Bertz CT molecular complexity index is 322. The van der Waals surface area contributed by atoms with Crippen molar-refractivity contribution in [2.45, 2.75) is 6.18 Å². The van der Waals surface area contributed by atoms with Gasteiger partial charge in [-0.2, -0.15) is 13.2 Å². The number of carbonyl (C=O) groups is 2. The normalized spacial score (nSPS) is 18.1. The number of aliphatic carboxylic acids is 1. The first-order valence-corrected chi connectivity index (χ1v) is 5.58. The summed E-state index contributed by atoms with van der Waals surface area (Å²) < 4.78 is 32.8. The number of amides is 2. The second kappa shape index (κ2) is 6.60. The van der Waals surface area contributed by atoms with E-state index >= 15 is 0 Å². The molecule has 1 rings (SSSR count). The molecule has 1 aliphatic rings. The van der Waals surface area contributed by atoms with E-state index in [0.29, 0.717) is 0 Å². The van der Waals surface area contributed by atoms with Crippen molar-refractivity contribution in [3.63, 3.8) is 0 Å². The van der Waals surface area contributed by atoms with Crippen LogP contribution < -0.4 is 5.32 Å². The summed E-state index contributed by atoms with van der Waals surface area (Å²) in [6.07, 6.45) is -5.08. The molecule has 2 N–H and O–H groups in total. The van der Waals surface area contributed by atoms with Gasteiger partial charge in [-0.3, -0.25) is 0 Å². The van der Waals surface area contributed by atoms with E-state index in [2.05, 4.69) is 19.4 Å². The maximum Gasteiger partial charge on any atom is 0.490 e. The predicted molar refractivity (Wildman–Crippen MR) is 61.6 cm³/mol. The average Bonchev–Trinajstić information content (AvgIpc) is 2.27. The zero-order chi connectivity index (χ0) is 15.3. The van der Waals surface area contributed by atoms with Crippen LogP contribution in [0.2, 0.25) is 0 Å². The van der Waals surface area contributed by atoms with E-state index in [0.717, 1.165) is 30.7 Å². The van der Waals surface area contributed by atoms with Gasteiger partial charge in [0.15, 0.2) is 0 Å². The van der Waals surface area contributed by atoms with Crippen LogP contribution in [0.5, 0.6) is 0 Å². The average molecular weight is 286 g/mol. The molecule has 1 heterocycles. The molecule has 6 nitrogen and oxygen atoms in total. The predicted octanol–water partition coefficient (Wildman–Crippen LogP) is 0.351. The smallest absolute Gasteiger partial charge is 0.475 e. The van der Waals surface area contributed by atoms with Gasteiger partial charge in [0.1, 0.15) is 0 Å². The van der Waals surface area contributed by atoms with Crippen LogP contribution >= 0.6 is 0 Å². The summed E-state index contributed by atoms with van der Waals surface area (Å²) in [7, 11) is 6.07. The second-order valence-electron chi connectivity index (χ2n) is 4.73. The summed E-state index contributed by atoms with van der Waals surface area (Å²) >= 11 is 0. The number of carbonyl (C=O) groups excluding carboxylic acids is 1. The largest absolute Gasteiger partial charge is 0.490 e. The molecular formula is C10H19F3N3O3+. The molecule has 0 atom stereocenters. The van der Waals surface area contributed by atoms with E-state index in [1.165, 1.54) is 0 Å². The van der Waals surface area contributed by atoms with Crippen LogP contribution in [0.4, 0.5) is 18.0 Å². The topological polar surface area (TPSA) is 69.6 Å². The molecule has 1 fully saturated rings. The Hall–Kier alpha value is -1.51. The molecule has 0 unspecified atom stereocenters. The first-order valence-electron chi connectivity index (χ1n) is 5.58. The Morgan fingerprint density at radius 2 is 1.58 bits per heavy atom. The fraction of sp³-hybridized carbons (Fsp3) is 0.800.